The first kappa shape index (κ1) is 11.4. The third kappa shape index (κ3) is 2.30. The highest BCUT2D eigenvalue weighted by Gasteiger charge is 2.20. The van der Waals surface area contributed by atoms with E-state index in [1.807, 2.05) is 11.4 Å². The summed E-state index contributed by atoms with van der Waals surface area (Å²) in [6.45, 7) is 5.39. The molecular formula is C12H14ClN3S. The Bertz CT molecular complexity index is 540. The van der Waals surface area contributed by atoms with Gasteiger partial charge in [-0.1, -0.05) is 18.5 Å². The molecule has 1 saturated heterocycles. The van der Waals surface area contributed by atoms with Crippen LogP contribution in [0.15, 0.2) is 11.4 Å². The van der Waals surface area contributed by atoms with E-state index in [1.165, 1.54) is 6.42 Å². The van der Waals surface area contributed by atoms with Gasteiger partial charge in [-0.15, -0.1) is 11.3 Å². The second-order valence-corrected chi connectivity index (χ2v) is 5.95. The topological polar surface area (TPSA) is 29.0 Å². The normalized spacial score (nSPS) is 21.4. The number of nitrogens with zero attached hydrogens (tertiary/aromatic N) is 3. The Balaban J connectivity index is 1.85. The Morgan fingerprint density at radius 1 is 1.53 bits per heavy atom. The van der Waals surface area contributed by atoms with Crippen molar-refractivity contribution >= 4 is 33.2 Å². The molecule has 3 rings (SSSR count). The quantitative estimate of drug-likeness (QED) is 0.783. The zero-order valence-corrected chi connectivity index (χ0v) is 11.3. The first-order valence-corrected chi connectivity index (χ1v) is 7.10. The lowest BCUT2D eigenvalue weighted by Gasteiger charge is -2.13. The van der Waals surface area contributed by atoms with Crippen LogP contribution in [0.1, 0.15) is 19.2 Å². The molecule has 3 nitrogen and oxygen atoms in total. The van der Waals surface area contributed by atoms with E-state index in [9.17, 15) is 0 Å². The minimum atomic E-state index is 0.582. The van der Waals surface area contributed by atoms with E-state index in [0.29, 0.717) is 5.15 Å². The molecule has 17 heavy (non-hydrogen) atoms. The van der Waals surface area contributed by atoms with E-state index in [1.54, 1.807) is 11.3 Å². The van der Waals surface area contributed by atoms with Gasteiger partial charge in [-0.25, -0.2) is 9.97 Å². The summed E-state index contributed by atoms with van der Waals surface area (Å²) in [5.74, 6) is 1.63. The summed E-state index contributed by atoms with van der Waals surface area (Å²) in [5.41, 5.74) is 0. The molecule has 1 fully saturated rings. The number of hydrogen-bond acceptors (Lipinski definition) is 4. The number of hydrogen-bond donors (Lipinski definition) is 0. The molecule has 0 N–H and O–H groups in total. The van der Waals surface area contributed by atoms with Gasteiger partial charge in [0.05, 0.1) is 6.54 Å². The Kier molecular flexibility index (Phi) is 3.03. The molecule has 5 heteroatoms. The van der Waals surface area contributed by atoms with Crippen molar-refractivity contribution in [1.82, 2.24) is 14.9 Å². The molecule has 90 valence electrons. The summed E-state index contributed by atoms with van der Waals surface area (Å²) in [5, 5.41) is 3.56. The Labute approximate surface area is 109 Å². The maximum Gasteiger partial charge on any atom is 0.145 e. The molecule has 2 aromatic rings. The first-order chi connectivity index (χ1) is 8.22. The van der Waals surface area contributed by atoms with Gasteiger partial charge < -0.3 is 0 Å². The summed E-state index contributed by atoms with van der Waals surface area (Å²) in [4.78, 5) is 12.3. The average Bonchev–Trinajstić information content (AvgIpc) is 2.87. The molecule has 1 aliphatic rings. The molecule has 1 aliphatic heterocycles. The van der Waals surface area contributed by atoms with Crippen molar-refractivity contribution in [3.8, 4) is 0 Å². The van der Waals surface area contributed by atoms with Gasteiger partial charge >= 0.3 is 0 Å². The lowest BCUT2D eigenvalue weighted by atomic mass is 10.2. The van der Waals surface area contributed by atoms with Crippen molar-refractivity contribution in [3.63, 3.8) is 0 Å². The van der Waals surface area contributed by atoms with Gasteiger partial charge in [-0.2, -0.15) is 0 Å². The van der Waals surface area contributed by atoms with E-state index in [0.717, 1.165) is 41.6 Å². The van der Waals surface area contributed by atoms with Crippen LogP contribution in [0.25, 0.3) is 10.2 Å². The van der Waals surface area contributed by atoms with Crippen molar-refractivity contribution in [2.75, 3.05) is 13.1 Å². The highest BCUT2D eigenvalue weighted by atomic mass is 35.5. The number of thiophene rings is 1. The van der Waals surface area contributed by atoms with Crippen LogP contribution in [0.3, 0.4) is 0 Å². The van der Waals surface area contributed by atoms with Gasteiger partial charge in [0.2, 0.25) is 0 Å². The van der Waals surface area contributed by atoms with Crippen LogP contribution < -0.4 is 0 Å². The van der Waals surface area contributed by atoms with Gasteiger partial charge in [0.25, 0.3) is 0 Å². The third-order valence-corrected chi connectivity index (χ3v) is 4.29. The van der Waals surface area contributed by atoms with Crippen molar-refractivity contribution in [2.24, 2.45) is 5.92 Å². The predicted octanol–water partition coefficient (Wildman–Crippen LogP) is 3.19. The second-order valence-electron chi connectivity index (χ2n) is 4.70. The van der Waals surface area contributed by atoms with Gasteiger partial charge in [0.1, 0.15) is 15.8 Å². The summed E-state index contributed by atoms with van der Waals surface area (Å²) in [7, 11) is 0. The SMILES string of the molecule is CC1CCN(Cc2nc(Cl)c3ccsc3n2)C1. The Hall–Kier alpha value is -0.710. The smallest absolute Gasteiger partial charge is 0.145 e. The minimum absolute atomic E-state index is 0.582. The lowest BCUT2D eigenvalue weighted by Crippen LogP contribution is -2.21. The molecule has 0 spiro atoms. The summed E-state index contributed by atoms with van der Waals surface area (Å²) < 4.78 is 0. The van der Waals surface area contributed by atoms with E-state index in [-0.39, 0.29) is 0 Å². The molecule has 1 atom stereocenters. The maximum atomic E-state index is 6.15. The molecule has 3 heterocycles. The molecule has 0 radical (unpaired) electrons. The maximum absolute atomic E-state index is 6.15. The number of rotatable bonds is 2. The summed E-state index contributed by atoms with van der Waals surface area (Å²) >= 11 is 7.77. The van der Waals surface area contributed by atoms with E-state index < -0.39 is 0 Å². The van der Waals surface area contributed by atoms with Crippen molar-refractivity contribution < 1.29 is 0 Å². The van der Waals surface area contributed by atoms with Gasteiger partial charge in [0.15, 0.2) is 0 Å². The van der Waals surface area contributed by atoms with Crippen LogP contribution in [0.5, 0.6) is 0 Å². The van der Waals surface area contributed by atoms with E-state index in [4.69, 9.17) is 11.6 Å². The highest BCUT2D eigenvalue weighted by Crippen LogP contribution is 2.25. The van der Waals surface area contributed by atoms with Gasteiger partial charge in [-0.3, -0.25) is 4.90 Å². The Morgan fingerprint density at radius 2 is 2.41 bits per heavy atom. The molecule has 0 aromatic carbocycles. The van der Waals surface area contributed by atoms with Gasteiger partial charge in [0, 0.05) is 11.9 Å². The molecule has 0 aliphatic carbocycles. The van der Waals surface area contributed by atoms with Crippen LogP contribution in [-0.2, 0) is 6.54 Å². The fourth-order valence-corrected chi connectivity index (χ4v) is 3.39. The highest BCUT2D eigenvalue weighted by molar-refractivity contribution is 7.16. The first-order valence-electron chi connectivity index (χ1n) is 5.84. The molecule has 1 unspecified atom stereocenters. The number of halogens is 1. The average molecular weight is 268 g/mol. The molecule has 0 amide bonds. The van der Waals surface area contributed by atoms with Crippen LogP contribution in [-0.4, -0.2) is 28.0 Å². The van der Waals surface area contributed by atoms with Crippen molar-refractivity contribution in [3.05, 3.63) is 22.4 Å². The zero-order valence-electron chi connectivity index (χ0n) is 9.69. The fraction of sp³-hybridized carbons (Fsp3) is 0.500. The summed E-state index contributed by atoms with van der Waals surface area (Å²) in [6.07, 6.45) is 1.27. The Morgan fingerprint density at radius 3 is 3.18 bits per heavy atom. The second kappa shape index (κ2) is 4.52. The van der Waals surface area contributed by atoms with E-state index in [2.05, 4.69) is 21.8 Å². The molecule has 0 saturated carbocycles. The molecular weight excluding hydrogens is 254 g/mol. The molecule has 0 bridgehead atoms. The molecule has 2 aromatic heterocycles. The number of fused-ring (bicyclic) bond motifs is 1. The van der Waals surface area contributed by atoms with E-state index >= 15 is 0 Å². The van der Waals surface area contributed by atoms with Gasteiger partial charge in [-0.05, 0) is 30.3 Å². The van der Waals surface area contributed by atoms with Crippen molar-refractivity contribution in [2.45, 2.75) is 19.9 Å². The zero-order chi connectivity index (χ0) is 11.8. The minimum Gasteiger partial charge on any atom is -0.296 e. The van der Waals surface area contributed by atoms with Crippen LogP contribution in [0.2, 0.25) is 5.15 Å². The fourth-order valence-electron chi connectivity index (χ4n) is 2.30. The van der Waals surface area contributed by atoms with Crippen LogP contribution in [0.4, 0.5) is 0 Å². The summed E-state index contributed by atoms with van der Waals surface area (Å²) in [6, 6.07) is 1.98. The van der Waals surface area contributed by atoms with Crippen LogP contribution >= 0.6 is 22.9 Å². The number of aromatic nitrogens is 2. The van der Waals surface area contributed by atoms with Crippen molar-refractivity contribution in [1.29, 1.82) is 0 Å². The lowest BCUT2D eigenvalue weighted by molar-refractivity contribution is 0.312. The standard InChI is InChI=1S/C12H14ClN3S/c1-8-2-4-16(6-8)7-10-14-11(13)9-3-5-17-12(9)15-10/h3,5,8H,2,4,6-7H2,1H3. The van der Waals surface area contributed by atoms with Crippen LogP contribution in [0, 0.1) is 5.92 Å². The third-order valence-electron chi connectivity index (χ3n) is 3.20. The predicted molar refractivity (Wildman–Crippen MR) is 71.5 cm³/mol. The number of likely N-dealkylation sites (tertiary alicyclic amines) is 1. The largest absolute Gasteiger partial charge is 0.296 e. The monoisotopic (exact) mass is 267 g/mol.